The van der Waals surface area contributed by atoms with Crippen molar-refractivity contribution in [1.29, 1.82) is 0 Å². The molecular weight excluding hydrogens is 680 g/mol. The molecule has 0 bridgehead atoms. The molecule has 0 spiro atoms. The molecule has 3 amide bonds. The highest BCUT2D eigenvalue weighted by Gasteiger charge is 2.56. The molecule has 1 saturated heterocycles. The number of primary sulfonamides is 1. The second-order valence-electron chi connectivity index (χ2n) is 9.69. The molecule has 2 aliphatic heterocycles. The molecule has 220 valence electrons. The van der Waals surface area contributed by atoms with Crippen molar-refractivity contribution in [1.82, 2.24) is 4.98 Å². The normalized spacial score (nSPS) is 19.6. The van der Waals surface area contributed by atoms with E-state index in [2.05, 4.69) is 26.2 Å². The van der Waals surface area contributed by atoms with Gasteiger partial charge in [-0.2, -0.15) is 0 Å². The van der Waals surface area contributed by atoms with Gasteiger partial charge in [0.05, 0.1) is 21.5 Å². The van der Waals surface area contributed by atoms with Gasteiger partial charge in [-0.3, -0.25) is 19.2 Å². The minimum atomic E-state index is -3.88. The van der Waals surface area contributed by atoms with Crippen molar-refractivity contribution in [3.05, 3.63) is 97.4 Å². The van der Waals surface area contributed by atoms with Gasteiger partial charge in [0.1, 0.15) is 11.0 Å². The number of carbonyl (C=O) groups is 3. The lowest BCUT2D eigenvalue weighted by molar-refractivity contribution is -0.122. The zero-order chi connectivity index (χ0) is 30.5. The van der Waals surface area contributed by atoms with Gasteiger partial charge in [0.2, 0.25) is 21.8 Å². The van der Waals surface area contributed by atoms with E-state index >= 15 is 0 Å². The minimum Gasteiger partial charge on any atom is -0.483 e. The van der Waals surface area contributed by atoms with Gasteiger partial charge in [0.25, 0.3) is 5.91 Å². The summed E-state index contributed by atoms with van der Waals surface area (Å²) in [7, 11) is -3.88. The second-order valence-corrected chi connectivity index (χ2v) is 14.3. The van der Waals surface area contributed by atoms with E-state index in [1.165, 1.54) is 40.9 Å². The number of aromatic nitrogens is 1. The van der Waals surface area contributed by atoms with Crippen molar-refractivity contribution in [3.8, 4) is 5.75 Å². The number of ether oxygens (including phenoxy) is 1. The molecule has 4 N–H and O–H groups in total. The van der Waals surface area contributed by atoms with Crippen LogP contribution in [0.5, 0.6) is 5.75 Å². The molecule has 1 aromatic heterocycles. The van der Waals surface area contributed by atoms with E-state index in [-0.39, 0.29) is 15.7 Å². The summed E-state index contributed by atoms with van der Waals surface area (Å²) in [6.07, 6.45) is 0. The van der Waals surface area contributed by atoms with E-state index in [0.717, 1.165) is 11.3 Å². The Bertz CT molecular complexity index is 1930. The van der Waals surface area contributed by atoms with Crippen LogP contribution in [0.15, 0.2) is 92.0 Å². The average Bonchev–Trinajstić information content (AvgIpc) is 3.46. The minimum absolute atomic E-state index is 0.0950. The molecule has 4 aromatic rings. The lowest BCUT2D eigenvalue weighted by atomic mass is 9.82. The fourth-order valence-electron chi connectivity index (χ4n) is 5.15. The van der Waals surface area contributed by atoms with E-state index < -0.39 is 45.5 Å². The number of para-hydroxylation sites is 1. The summed E-state index contributed by atoms with van der Waals surface area (Å²) in [5.41, 5.74) is 1.33. The summed E-state index contributed by atoms with van der Waals surface area (Å²) in [6.45, 7) is -0.416. The molecule has 0 radical (unpaired) electrons. The van der Waals surface area contributed by atoms with Gasteiger partial charge in [-0.25, -0.2) is 18.5 Å². The molecule has 3 heterocycles. The lowest BCUT2D eigenvalue weighted by Crippen LogP contribution is -2.32. The topological polar surface area (TPSA) is 169 Å². The summed E-state index contributed by atoms with van der Waals surface area (Å²) >= 11 is 5.62. The number of halogens is 1. The predicted molar refractivity (Wildman–Crippen MR) is 165 cm³/mol. The van der Waals surface area contributed by atoms with Crippen LogP contribution in [-0.2, 0) is 24.4 Å². The van der Waals surface area contributed by atoms with Crippen molar-refractivity contribution in [2.75, 3.05) is 16.8 Å². The van der Waals surface area contributed by atoms with Crippen LogP contribution in [-0.4, -0.2) is 43.0 Å². The van der Waals surface area contributed by atoms with Crippen molar-refractivity contribution in [2.45, 2.75) is 21.1 Å². The maximum atomic E-state index is 13.9. The number of amides is 3. The Balaban J connectivity index is 1.31. The number of thiazole rings is 1. The Morgan fingerprint density at radius 2 is 1.74 bits per heavy atom. The highest BCUT2D eigenvalue weighted by atomic mass is 79.9. The number of thioether (sulfide) groups is 1. The van der Waals surface area contributed by atoms with Crippen molar-refractivity contribution in [2.24, 2.45) is 11.1 Å². The number of H-pyrrole nitrogens is 1. The SMILES string of the molecule is NS(=O)(=O)c1ccc(NC(=O)COc2ccc(Br)cc2[C@@H]2c3sc(=O)[nH]c3S[C@H]3C(=O)N(c4ccccc4)C(=O)[C@@H]23)cc1. The number of benzene rings is 3. The zero-order valence-electron chi connectivity index (χ0n) is 21.9. The molecule has 0 aliphatic carbocycles. The number of anilines is 2. The van der Waals surface area contributed by atoms with Crippen LogP contribution < -0.4 is 25.0 Å². The first-order valence-electron chi connectivity index (χ1n) is 12.7. The van der Waals surface area contributed by atoms with Crippen molar-refractivity contribution >= 4 is 78.1 Å². The van der Waals surface area contributed by atoms with E-state index in [1.807, 2.05) is 0 Å². The molecule has 6 rings (SSSR count). The second kappa shape index (κ2) is 11.4. The molecule has 0 unspecified atom stereocenters. The van der Waals surface area contributed by atoms with Crippen LogP contribution in [0.3, 0.4) is 0 Å². The Kier molecular flexibility index (Phi) is 7.76. The molecule has 3 aromatic carbocycles. The monoisotopic (exact) mass is 700 g/mol. The van der Waals surface area contributed by atoms with E-state index in [1.54, 1.807) is 48.5 Å². The first-order chi connectivity index (χ1) is 20.5. The maximum Gasteiger partial charge on any atom is 0.305 e. The summed E-state index contributed by atoms with van der Waals surface area (Å²) in [5.74, 6) is -2.54. The average molecular weight is 702 g/mol. The summed E-state index contributed by atoms with van der Waals surface area (Å²) in [5, 5.41) is 7.49. The predicted octanol–water partition coefficient (Wildman–Crippen LogP) is 3.66. The van der Waals surface area contributed by atoms with Crippen molar-refractivity contribution < 1.29 is 27.5 Å². The third kappa shape index (κ3) is 5.65. The molecule has 1 fully saturated rings. The van der Waals surface area contributed by atoms with Crippen LogP contribution >= 0.6 is 39.0 Å². The van der Waals surface area contributed by atoms with Gasteiger partial charge in [-0.15, -0.1) is 0 Å². The Morgan fingerprint density at radius 3 is 2.44 bits per heavy atom. The van der Waals surface area contributed by atoms with Crippen LogP contribution in [0, 0.1) is 5.92 Å². The first-order valence-corrected chi connectivity index (χ1v) is 16.7. The molecule has 11 nitrogen and oxygen atoms in total. The number of nitrogens with zero attached hydrogens (tertiary/aromatic N) is 1. The number of sulfonamides is 1. The number of hydrogen-bond donors (Lipinski definition) is 3. The highest BCUT2D eigenvalue weighted by Crippen LogP contribution is 2.54. The highest BCUT2D eigenvalue weighted by molar-refractivity contribution is 9.10. The van der Waals surface area contributed by atoms with Crippen molar-refractivity contribution in [3.63, 3.8) is 0 Å². The smallest absolute Gasteiger partial charge is 0.305 e. The quantitative estimate of drug-likeness (QED) is 0.246. The number of aromatic amines is 1. The standard InChI is InChI=1S/C28H21BrN4O7S3/c29-14-6-11-19(40-13-20(34)31-15-7-9-17(10-8-15)43(30,38)39)18(12-14)21-22-24(41-25-23(21)42-28(37)32-25)27(36)33(26(22)35)16-4-2-1-3-5-16/h1-12,21-22,24H,13H2,(H,31,34)(H,32,37)(H2,30,38,39)/t21-,22-,24+/m0/s1. The molecular formula is C28H21BrN4O7S3. The third-order valence-electron chi connectivity index (χ3n) is 6.97. The zero-order valence-corrected chi connectivity index (χ0v) is 25.9. The van der Waals surface area contributed by atoms with Gasteiger partial charge in [0, 0.05) is 26.5 Å². The number of fused-ring (bicyclic) bond motifs is 2. The van der Waals surface area contributed by atoms with Crippen LogP contribution in [0.1, 0.15) is 16.4 Å². The summed E-state index contributed by atoms with van der Waals surface area (Å²) in [6, 6.07) is 19.1. The van der Waals surface area contributed by atoms with Gasteiger partial charge in [-0.1, -0.05) is 57.2 Å². The number of hydrogen-bond acceptors (Lipinski definition) is 9. The Morgan fingerprint density at radius 1 is 1.02 bits per heavy atom. The molecule has 0 saturated carbocycles. The fraction of sp³-hybridized carbons (Fsp3) is 0.143. The third-order valence-corrected chi connectivity index (χ3v) is 10.8. The van der Waals surface area contributed by atoms with E-state index in [4.69, 9.17) is 9.88 Å². The number of carbonyl (C=O) groups excluding carboxylic acids is 3. The Labute approximate surface area is 261 Å². The Hall–Kier alpha value is -3.76. The number of imide groups is 1. The largest absolute Gasteiger partial charge is 0.483 e. The summed E-state index contributed by atoms with van der Waals surface area (Å²) < 4.78 is 29.6. The molecule has 15 heteroatoms. The molecule has 43 heavy (non-hydrogen) atoms. The van der Waals surface area contributed by atoms with Crippen LogP contribution in [0.2, 0.25) is 0 Å². The first kappa shape index (κ1) is 29.3. The van der Waals surface area contributed by atoms with Gasteiger partial charge >= 0.3 is 4.87 Å². The van der Waals surface area contributed by atoms with Crippen LogP contribution in [0.25, 0.3) is 0 Å². The van der Waals surface area contributed by atoms with Gasteiger partial charge in [-0.05, 0) is 54.6 Å². The van der Waals surface area contributed by atoms with E-state index in [0.29, 0.717) is 37.1 Å². The molecule has 3 atom stereocenters. The maximum absolute atomic E-state index is 13.9. The number of nitrogens with one attached hydrogen (secondary N) is 2. The molecule has 2 aliphatic rings. The number of rotatable bonds is 7. The van der Waals surface area contributed by atoms with Gasteiger partial charge < -0.3 is 15.0 Å². The lowest BCUT2D eigenvalue weighted by Gasteiger charge is -2.31. The fourth-order valence-corrected chi connectivity index (χ4v) is 8.55. The summed E-state index contributed by atoms with van der Waals surface area (Å²) in [4.78, 5) is 57.0. The van der Waals surface area contributed by atoms with Gasteiger partial charge in [0.15, 0.2) is 6.61 Å². The van der Waals surface area contributed by atoms with E-state index in [9.17, 15) is 27.6 Å². The number of nitrogens with two attached hydrogens (primary N) is 1. The van der Waals surface area contributed by atoms with Crippen LogP contribution in [0.4, 0.5) is 11.4 Å².